The fourth-order valence-electron chi connectivity index (χ4n) is 0.634. The van der Waals surface area contributed by atoms with Crippen molar-refractivity contribution in [2.75, 3.05) is 0 Å². The molecule has 0 radical (unpaired) electrons. The summed E-state index contributed by atoms with van der Waals surface area (Å²) in [5.41, 5.74) is 0. The summed E-state index contributed by atoms with van der Waals surface area (Å²) in [6.07, 6.45) is -2.86. The predicted octanol–water partition coefficient (Wildman–Crippen LogP) is 2.85. The van der Waals surface area contributed by atoms with Crippen LogP contribution in [-0.2, 0) is 6.18 Å². The molecule has 0 saturated heterocycles. The van der Waals surface area contributed by atoms with Crippen molar-refractivity contribution in [1.29, 1.82) is 0 Å². The van der Waals surface area contributed by atoms with Crippen LogP contribution in [0.15, 0.2) is 12.7 Å². The zero-order chi connectivity index (χ0) is 10.1. The van der Waals surface area contributed by atoms with E-state index >= 15 is 0 Å². The van der Waals surface area contributed by atoms with Gasteiger partial charge in [-0.2, -0.15) is 13.2 Å². The third-order valence-electron chi connectivity index (χ3n) is 1.43. The summed E-state index contributed by atoms with van der Waals surface area (Å²) in [6.45, 7) is 5.18. The van der Waals surface area contributed by atoms with Gasteiger partial charge in [-0.15, -0.1) is 16.8 Å². The van der Waals surface area contributed by atoms with Crippen molar-refractivity contribution in [2.45, 2.75) is 19.0 Å². The minimum atomic E-state index is -4.39. The summed E-state index contributed by atoms with van der Waals surface area (Å²) in [4.78, 5) is 0. The monoisotopic (exact) mass is 208 g/mol. The van der Waals surface area contributed by atoms with Gasteiger partial charge in [0.15, 0.2) is 0 Å². The highest BCUT2D eigenvalue weighted by molar-refractivity contribution is 7.11. The Balaban J connectivity index is 2.93. The molecule has 0 fully saturated rings. The van der Waals surface area contributed by atoms with Crippen LogP contribution in [0.5, 0.6) is 0 Å². The van der Waals surface area contributed by atoms with E-state index in [0.29, 0.717) is 16.3 Å². The van der Waals surface area contributed by atoms with E-state index in [1.165, 1.54) is 6.08 Å². The van der Waals surface area contributed by atoms with Crippen LogP contribution < -0.4 is 0 Å². The molecule has 1 aromatic heterocycles. The molecule has 1 aromatic rings. The summed E-state index contributed by atoms with van der Waals surface area (Å²) in [6, 6.07) is 0. The average molecular weight is 208 g/mol. The molecule has 1 unspecified atom stereocenters. The molecule has 72 valence electrons. The van der Waals surface area contributed by atoms with E-state index in [1.807, 2.05) is 0 Å². The van der Waals surface area contributed by atoms with Crippen LogP contribution in [0.4, 0.5) is 13.2 Å². The number of allylic oxidation sites excluding steroid dienone is 1. The first-order valence-electron chi connectivity index (χ1n) is 3.48. The Bertz CT molecular complexity index is 305. The van der Waals surface area contributed by atoms with E-state index in [9.17, 15) is 13.2 Å². The van der Waals surface area contributed by atoms with Crippen molar-refractivity contribution < 1.29 is 13.2 Å². The maximum Gasteiger partial charge on any atom is 0.445 e. The zero-order valence-electron chi connectivity index (χ0n) is 6.80. The van der Waals surface area contributed by atoms with Gasteiger partial charge in [0, 0.05) is 5.92 Å². The molecule has 0 aliphatic carbocycles. The Morgan fingerprint density at radius 1 is 1.46 bits per heavy atom. The highest BCUT2D eigenvalue weighted by Gasteiger charge is 2.35. The highest BCUT2D eigenvalue weighted by atomic mass is 32.1. The smallest absolute Gasteiger partial charge is 0.164 e. The number of aromatic nitrogens is 2. The topological polar surface area (TPSA) is 25.8 Å². The first-order chi connectivity index (χ1) is 5.95. The SMILES string of the molecule is C=CC(C)c1nnc(C(F)(F)F)s1. The van der Waals surface area contributed by atoms with Crippen molar-refractivity contribution >= 4 is 11.3 Å². The predicted molar refractivity (Wildman–Crippen MR) is 43.5 cm³/mol. The lowest BCUT2D eigenvalue weighted by molar-refractivity contribution is -0.138. The minimum absolute atomic E-state index is 0.186. The van der Waals surface area contributed by atoms with Gasteiger partial charge in [0.1, 0.15) is 5.01 Å². The van der Waals surface area contributed by atoms with E-state index in [1.54, 1.807) is 6.92 Å². The molecule has 2 nitrogen and oxygen atoms in total. The first-order valence-corrected chi connectivity index (χ1v) is 4.30. The first kappa shape index (κ1) is 10.2. The van der Waals surface area contributed by atoms with E-state index in [2.05, 4.69) is 16.8 Å². The molecule has 0 N–H and O–H groups in total. The summed E-state index contributed by atoms with van der Waals surface area (Å²) in [5.74, 6) is -0.186. The van der Waals surface area contributed by atoms with Crippen molar-refractivity contribution in [2.24, 2.45) is 0 Å². The van der Waals surface area contributed by atoms with Crippen LogP contribution in [0, 0.1) is 0 Å². The molecule has 0 spiro atoms. The number of alkyl halides is 3. The molecule has 0 bridgehead atoms. The number of hydrogen-bond donors (Lipinski definition) is 0. The second-order valence-corrected chi connectivity index (χ2v) is 3.48. The van der Waals surface area contributed by atoms with Gasteiger partial charge < -0.3 is 0 Å². The Hall–Kier alpha value is -0.910. The van der Waals surface area contributed by atoms with E-state index in [4.69, 9.17) is 0 Å². The second-order valence-electron chi connectivity index (χ2n) is 2.47. The summed E-state index contributed by atoms with van der Waals surface area (Å²) >= 11 is 0.554. The lowest BCUT2D eigenvalue weighted by Crippen LogP contribution is -2.03. The van der Waals surface area contributed by atoms with Crippen LogP contribution in [0.3, 0.4) is 0 Å². The molecule has 13 heavy (non-hydrogen) atoms. The van der Waals surface area contributed by atoms with E-state index < -0.39 is 11.2 Å². The Morgan fingerprint density at radius 3 is 2.46 bits per heavy atom. The molecule has 0 amide bonds. The Labute approximate surface area is 77.1 Å². The molecule has 6 heteroatoms. The normalized spacial score (nSPS) is 14.2. The van der Waals surface area contributed by atoms with Gasteiger partial charge in [-0.25, -0.2) is 0 Å². The van der Waals surface area contributed by atoms with Crippen LogP contribution in [0.1, 0.15) is 22.9 Å². The Kier molecular flexibility index (Phi) is 2.70. The molecular formula is C7H7F3N2S. The van der Waals surface area contributed by atoms with Gasteiger partial charge in [-0.3, -0.25) is 0 Å². The molecule has 0 saturated carbocycles. The maximum atomic E-state index is 12.1. The fraction of sp³-hybridized carbons (Fsp3) is 0.429. The number of rotatable bonds is 2. The zero-order valence-corrected chi connectivity index (χ0v) is 7.61. The van der Waals surface area contributed by atoms with Gasteiger partial charge in [0.25, 0.3) is 0 Å². The molecule has 0 aliphatic heterocycles. The number of halogens is 3. The second kappa shape index (κ2) is 3.45. The van der Waals surface area contributed by atoms with Gasteiger partial charge in [-0.1, -0.05) is 24.3 Å². The van der Waals surface area contributed by atoms with Crippen LogP contribution >= 0.6 is 11.3 Å². The van der Waals surface area contributed by atoms with Gasteiger partial charge in [0.2, 0.25) is 5.01 Å². The molecule has 1 heterocycles. The quantitative estimate of drug-likeness (QED) is 0.698. The summed E-state index contributed by atoms with van der Waals surface area (Å²) < 4.78 is 36.2. The van der Waals surface area contributed by atoms with E-state index in [0.717, 1.165) is 0 Å². The van der Waals surface area contributed by atoms with Crippen LogP contribution in [-0.4, -0.2) is 10.2 Å². The highest BCUT2D eigenvalue weighted by Crippen LogP contribution is 2.33. The van der Waals surface area contributed by atoms with Crippen molar-refractivity contribution in [1.82, 2.24) is 10.2 Å². The number of nitrogens with zero attached hydrogens (tertiary/aromatic N) is 2. The largest absolute Gasteiger partial charge is 0.445 e. The maximum absolute atomic E-state index is 12.1. The van der Waals surface area contributed by atoms with Crippen LogP contribution in [0.25, 0.3) is 0 Å². The third-order valence-corrected chi connectivity index (χ3v) is 2.60. The standard InChI is InChI=1S/C7H7F3N2S/c1-3-4(2)5-11-12-6(13-5)7(8,9)10/h3-4H,1H2,2H3. The van der Waals surface area contributed by atoms with Gasteiger partial charge >= 0.3 is 6.18 Å². The van der Waals surface area contributed by atoms with Crippen molar-refractivity contribution in [3.8, 4) is 0 Å². The summed E-state index contributed by atoms with van der Waals surface area (Å²) in [5, 5.41) is 5.91. The lowest BCUT2D eigenvalue weighted by Gasteiger charge is -1.98. The van der Waals surface area contributed by atoms with Gasteiger partial charge in [-0.05, 0) is 0 Å². The molecule has 1 rings (SSSR count). The van der Waals surface area contributed by atoms with Crippen molar-refractivity contribution in [3.05, 3.63) is 22.7 Å². The average Bonchev–Trinajstić information content (AvgIpc) is 2.50. The van der Waals surface area contributed by atoms with Crippen LogP contribution in [0.2, 0.25) is 0 Å². The fourth-order valence-corrected chi connectivity index (χ4v) is 1.39. The van der Waals surface area contributed by atoms with Gasteiger partial charge in [0.05, 0.1) is 0 Å². The van der Waals surface area contributed by atoms with E-state index in [-0.39, 0.29) is 5.92 Å². The molecule has 1 atom stereocenters. The lowest BCUT2D eigenvalue weighted by atomic mass is 10.2. The molecule has 0 aliphatic rings. The van der Waals surface area contributed by atoms with Crippen molar-refractivity contribution in [3.63, 3.8) is 0 Å². The molecule has 0 aromatic carbocycles. The minimum Gasteiger partial charge on any atom is -0.164 e. The number of hydrogen-bond acceptors (Lipinski definition) is 3. The third kappa shape index (κ3) is 2.27. The summed E-state index contributed by atoms with van der Waals surface area (Å²) in [7, 11) is 0. The Morgan fingerprint density at radius 2 is 2.08 bits per heavy atom. The molecular weight excluding hydrogens is 201 g/mol.